The van der Waals surface area contributed by atoms with Crippen LogP contribution in [-0.2, 0) is 6.54 Å². The summed E-state index contributed by atoms with van der Waals surface area (Å²) >= 11 is 5.79. The number of halogens is 4. The highest BCUT2D eigenvalue weighted by Crippen LogP contribution is 2.36. The number of nitrogens with zero attached hydrogens (tertiary/aromatic N) is 3. The maximum Gasteiger partial charge on any atom is 0.396 e. The number of hydrogen-bond donors (Lipinski definition) is 2. The van der Waals surface area contributed by atoms with Gasteiger partial charge in [0.05, 0.1) is 23.3 Å². The standard InChI is InChI=1S/C23H18ClF3N4O3/c1-12(28-16-7-8-18(24)30-20(16)22(33)34)15-9-14(23(25,26)27)11-31-19(32)10-17(29-21(15)31)13-5-3-2-4-6-13/h2-10,12,14,28H,11H2,1H3,(H,33,34)/t12-,14?/m1/s1. The van der Waals surface area contributed by atoms with Crippen molar-refractivity contribution in [2.45, 2.75) is 25.7 Å². The van der Waals surface area contributed by atoms with Gasteiger partial charge in [-0.1, -0.05) is 48.0 Å². The van der Waals surface area contributed by atoms with Crippen molar-refractivity contribution in [3.8, 4) is 11.3 Å². The Labute approximate surface area is 196 Å². The van der Waals surface area contributed by atoms with E-state index in [1.54, 1.807) is 37.3 Å². The highest BCUT2D eigenvalue weighted by Gasteiger charge is 2.42. The second kappa shape index (κ2) is 8.94. The van der Waals surface area contributed by atoms with Crippen molar-refractivity contribution in [1.29, 1.82) is 0 Å². The van der Waals surface area contributed by atoms with Gasteiger partial charge in [0.2, 0.25) is 0 Å². The van der Waals surface area contributed by atoms with Crippen LogP contribution < -0.4 is 10.9 Å². The first-order valence-corrected chi connectivity index (χ1v) is 10.5. The first kappa shape index (κ1) is 23.5. The Morgan fingerprint density at radius 2 is 1.91 bits per heavy atom. The molecule has 3 aromatic rings. The van der Waals surface area contributed by atoms with Crippen LogP contribution in [0.1, 0.15) is 23.2 Å². The summed E-state index contributed by atoms with van der Waals surface area (Å²) in [5, 5.41) is 12.3. The van der Waals surface area contributed by atoms with Gasteiger partial charge in [0.25, 0.3) is 5.56 Å². The highest BCUT2D eigenvalue weighted by atomic mass is 35.5. The molecule has 1 aliphatic heterocycles. The Kier molecular flexibility index (Phi) is 6.18. The number of carboxylic acid groups (broad SMARTS) is 1. The minimum absolute atomic E-state index is 0.0457. The Morgan fingerprint density at radius 1 is 1.21 bits per heavy atom. The number of anilines is 1. The molecule has 0 saturated carbocycles. The van der Waals surface area contributed by atoms with Crippen molar-refractivity contribution in [1.82, 2.24) is 14.5 Å². The molecule has 1 unspecified atom stereocenters. The molecule has 1 aromatic carbocycles. The number of nitrogens with one attached hydrogen (secondary N) is 1. The number of benzene rings is 1. The van der Waals surface area contributed by atoms with Crippen molar-refractivity contribution < 1.29 is 23.1 Å². The average molecular weight is 491 g/mol. The lowest BCUT2D eigenvalue weighted by Crippen LogP contribution is -2.38. The molecule has 2 N–H and O–H groups in total. The zero-order valence-electron chi connectivity index (χ0n) is 17.7. The van der Waals surface area contributed by atoms with Gasteiger partial charge in [-0.2, -0.15) is 13.2 Å². The number of carbonyl (C=O) groups is 1. The molecule has 2 aromatic heterocycles. The number of alkyl halides is 3. The number of pyridine rings is 1. The van der Waals surface area contributed by atoms with Gasteiger partial charge in [0.1, 0.15) is 11.0 Å². The Balaban J connectivity index is 1.82. The number of aromatic nitrogens is 3. The fourth-order valence-electron chi connectivity index (χ4n) is 3.76. The first-order chi connectivity index (χ1) is 16.0. The molecule has 0 bridgehead atoms. The van der Waals surface area contributed by atoms with Gasteiger partial charge in [-0.25, -0.2) is 14.8 Å². The molecule has 0 amide bonds. The quantitative estimate of drug-likeness (QED) is 0.502. The van der Waals surface area contributed by atoms with E-state index < -0.39 is 36.2 Å². The van der Waals surface area contributed by atoms with Crippen LogP contribution in [0, 0.1) is 5.92 Å². The van der Waals surface area contributed by atoms with Crippen LogP contribution in [0.2, 0.25) is 5.15 Å². The van der Waals surface area contributed by atoms with Crippen molar-refractivity contribution in [3.05, 3.63) is 81.6 Å². The predicted molar refractivity (Wildman–Crippen MR) is 121 cm³/mol. The molecule has 0 radical (unpaired) electrons. The van der Waals surface area contributed by atoms with Crippen molar-refractivity contribution >= 4 is 28.8 Å². The molecule has 0 fully saturated rings. The van der Waals surface area contributed by atoms with Gasteiger partial charge < -0.3 is 10.4 Å². The number of aromatic carboxylic acids is 1. The SMILES string of the molecule is C[C@@H](Nc1ccc(Cl)nc1C(=O)O)C1=CC(C(F)(F)F)Cn2c1nc(-c1ccccc1)cc2=O. The summed E-state index contributed by atoms with van der Waals surface area (Å²) in [5.41, 5.74) is 0.125. The zero-order chi connectivity index (χ0) is 24.6. The van der Waals surface area contributed by atoms with E-state index in [9.17, 15) is 27.9 Å². The van der Waals surface area contributed by atoms with Crippen LogP contribution in [0.4, 0.5) is 18.9 Å². The van der Waals surface area contributed by atoms with E-state index in [1.165, 1.54) is 18.2 Å². The summed E-state index contributed by atoms with van der Waals surface area (Å²) < 4.78 is 42.1. The maximum absolute atomic E-state index is 13.7. The van der Waals surface area contributed by atoms with Gasteiger partial charge in [0, 0.05) is 23.7 Å². The summed E-state index contributed by atoms with van der Waals surface area (Å²) in [6, 6.07) is 11.9. The number of allylic oxidation sites excluding steroid dienone is 1. The Hall–Kier alpha value is -3.66. The van der Waals surface area contributed by atoms with Crippen molar-refractivity contribution in [2.75, 3.05) is 5.32 Å². The summed E-state index contributed by atoms with van der Waals surface area (Å²) in [6.07, 6.45) is -3.56. The van der Waals surface area contributed by atoms with E-state index in [0.717, 1.165) is 10.6 Å². The second-order valence-electron chi connectivity index (χ2n) is 7.75. The van der Waals surface area contributed by atoms with E-state index in [0.29, 0.717) is 11.3 Å². The van der Waals surface area contributed by atoms with E-state index in [-0.39, 0.29) is 27.9 Å². The van der Waals surface area contributed by atoms with Crippen LogP contribution >= 0.6 is 11.6 Å². The molecule has 0 spiro atoms. The molecule has 4 rings (SSSR count). The van der Waals surface area contributed by atoms with Gasteiger partial charge >= 0.3 is 12.1 Å². The molecule has 11 heteroatoms. The molecule has 0 saturated heterocycles. The summed E-state index contributed by atoms with van der Waals surface area (Å²) in [7, 11) is 0. The molecule has 176 valence electrons. The molecule has 0 aliphatic carbocycles. The third-order valence-electron chi connectivity index (χ3n) is 5.42. The van der Waals surface area contributed by atoms with E-state index in [2.05, 4.69) is 15.3 Å². The summed E-state index contributed by atoms with van der Waals surface area (Å²) in [5.74, 6) is -3.20. The fourth-order valence-corrected chi connectivity index (χ4v) is 3.91. The van der Waals surface area contributed by atoms with Gasteiger partial charge in [-0.3, -0.25) is 9.36 Å². The minimum Gasteiger partial charge on any atom is -0.476 e. The van der Waals surface area contributed by atoms with Gasteiger partial charge in [-0.15, -0.1) is 0 Å². The van der Waals surface area contributed by atoms with Gasteiger partial charge in [0.15, 0.2) is 5.69 Å². The van der Waals surface area contributed by atoms with E-state index in [1.807, 2.05) is 0 Å². The summed E-state index contributed by atoms with van der Waals surface area (Å²) in [6.45, 7) is 0.954. The van der Waals surface area contributed by atoms with Crippen LogP contribution in [0.25, 0.3) is 16.8 Å². The number of rotatable bonds is 5. The third-order valence-corrected chi connectivity index (χ3v) is 5.63. The summed E-state index contributed by atoms with van der Waals surface area (Å²) in [4.78, 5) is 32.7. The van der Waals surface area contributed by atoms with Crippen LogP contribution in [0.3, 0.4) is 0 Å². The Bertz CT molecular complexity index is 1340. The smallest absolute Gasteiger partial charge is 0.396 e. The second-order valence-corrected chi connectivity index (χ2v) is 8.14. The van der Waals surface area contributed by atoms with Crippen molar-refractivity contribution in [3.63, 3.8) is 0 Å². The molecular formula is C23H18ClF3N4O3. The first-order valence-electron chi connectivity index (χ1n) is 10.2. The fraction of sp³-hybridized carbons (Fsp3) is 0.217. The number of carboxylic acids is 1. The van der Waals surface area contributed by atoms with Crippen LogP contribution in [0.5, 0.6) is 0 Å². The van der Waals surface area contributed by atoms with Crippen LogP contribution in [-0.4, -0.2) is 37.8 Å². The average Bonchev–Trinajstić information content (AvgIpc) is 2.79. The molecule has 34 heavy (non-hydrogen) atoms. The molecule has 2 atom stereocenters. The predicted octanol–water partition coefficient (Wildman–Crippen LogP) is 4.73. The van der Waals surface area contributed by atoms with E-state index in [4.69, 9.17) is 11.6 Å². The monoisotopic (exact) mass is 490 g/mol. The van der Waals surface area contributed by atoms with E-state index >= 15 is 0 Å². The highest BCUT2D eigenvalue weighted by molar-refractivity contribution is 6.29. The van der Waals surface area contributed by atoms with Crippen molar-refractivity contribution in [2.24, 2.45) is 5.92 Å². The van der Waals surface area contributed by atoms with Crippen LogP contribution in [0.15, 0.2) is 59.4 Å². The lowest BCUT2D eigenvalue weighted by atomic mass is 9.95. The lowest BCUT2D eigenvalue weighted by molar-refractivity contribution is -0.164. The lowest BCUT2D eigenvalue weighted by Gasteiger charge is -2.30. The topological polar surface area (TPSA) is 97.1 Å². The maximum atomic E-state index is 13.7. The minimum atomic E-state index is -4.59. The molecule has 3 heterocycles. The van der Waals surface area contributed by atoms with Gasteiger partial charge in [-0.05, 0) is 19.1 Å². The third kappa shape index (κ3) is 4.67. The Morgan fingerprint density at radius 3 is 2.56 bits per heavy atom. The number of hydrogen-bond acceptors (Lipinski definition) is 5. The normalized spacial score (nSPS) is 16.4. The molecular weight excluding hydrogens is 473 g/mol. The largest absolute Gasteiger partial charge is 0.476 e. The molecule has 1 aliphatic rings. The zero-order valence-corrected chi connectivity index (χ0v) is 18.4. The molecule has 7 nitrogen and oxygen atoms in total. The number of fused-ring (bicyclic) bond motifs is 1.